The van der Waals surface area contributed by atoms with E-state index in [1.165, 1.54) is 5.56 Å². The van der Waals surface area contributed by atoms with Crippen molar-refractivity contribution in [3.8, 4) is 0 Å². The summed E-state index contributed by atoms with van der Waals surface area (Å²) < 4.78 is 2.01. The lowest BCUT2D eigenvalue weighted by atomic mass is 9.58. The van der Waals surface area contributed by atoms with Crippen LogP contribution in [0.5, 0.6) is 0 Å². The molecule has 1 aliphatic rings. The summed E-state index contributed by atoms with van der Waals surface area (Å²) in [5, 5.41) is 8.91. The molecule has 3 rings (SSSR count). The van der Waals surface area contributed by atoms with Gasteiger partial charge in [-0.05, 0) is 43.4 Å². The molecule has 0 bridgehead atoms. The molecule has 0 saturated heterocycles. The molecule has 19 heavy (non-hydrogen) atoms. The van der Waals surface area contributed by atoms with Crippen LogP contribution in [0.1, 0.15) is 36.8 Å². The van der Waals surface area contributed by atoms with Gasteiger partial charge in [0.15, 0.2) is 0 Å². The number of rotatable bonds is 2. The maximum Gasteiger partial charge on any atom is 0.143 e. The summed E-state index contributed by atoms with van der Waals surface area (Å²) in [7, 11) is 2.00. The molecule has 100 valence electrons. The highest BCUT2D eigenvalue weighted by molar-refractivity contribution is 6.29. The Labute approximate surface area is 117 Å². The average Bonchev–Trinajstić information content (AvgIpc) is 2.70. The van der Waals surface area contributed by atoms with Crippen LogP contribution < -0.4 is 0 Å². The van der Waals surface area contributed by atoms with E-state index < -0.39 is 0 Å². The summed E-state index contributed by atoms with van der Waals surface area (Å²) in [6.07, 6.45) is 3.92. The molecule has 2 aromatic rings. The fourth-order valence-corrected chi connectivity index (χ4v) is 3.55. The predicted octanol–water partition coefficient (Wildman–Crippen LogP) is 2.89. The van der Waals surface area contributed by atoms with E-state index in [9.17, 15) is 0 Å². The van der Waals surface area contributed by atoms with Crippen molar-refractivity contribution < 1.29 is 0 Å². The van der Waals surface area contributed by atoms with E-state index in [4.69, 9.17) is 11.6 Å². The first-order valence-corrected chi connectivity index (χ1v) is 6.88. The number of nitrogens with zero attached hydrogens (tertiary/aromatic N) is 4. The third-order valence-electron chi connectivity index (χ3n) is 4.01. The molecule has 2 aromatic heterocycles. The summed E-state index contributed by atoms with van der Waals surface area (Å²) in [6, 6.07) is 4.08. The van der Waals surface area contributed by atoms with Crippen LogP contribution in [0.2, 0.25) is 5.15 Å². The van der Waals surface area contributed by atoms with E-state index in [1.54, 1.807) is 6.33 Å². The molecule has 0 aliphatic heterocycles. The number of aromatic nitrogens is 4. The van der Waals surface area contributed by atoms with E-state index in [0.29, 0.717) is 11.1 Å². The van der Waals surface area contributed by atoms with E-state index in [1.807, 2.05) is 24.6 Å². The average molecular weight is 277 g/mol. The molecule has 0 atom stereocenters. The van der Waals surface area contributed by atoms with Crippen LogP contribution in [0.4, 0.5) is 0 Å². The summed E-state index contributed by atoms with van der Waals surface area (Å²) in [5.74, 6) is 1.72. The van der Waals surface area contributed by atoms with Gasteiger partial charge in [-0.2, -0.15) is 0 Å². The molecule has 0 spiro atoms. The maximum atomic E-state index is 6.12. The zero-order valence-electron chi connectivity index (χ0n) is 11.4. The second-order valence-corrected chi connectivity index (χ2v) is 6.07. The van der Waals surface area contributed by atoms with Gasteiger partial charge in [0, 0.05) is 12.7 Å². The Balaban J connectivity index is 2.14. The van der Waals surface area contributed by atoms with E-state index in [0.717, 1.165) is 24.4 Å². The minimum absolute atomic E-state index is 0.0536. The smallest absolute Gasteiger partial charge is 0.143 e. The third kappa shape index (κ3) is 1.94. The van der Waals surface area contributed by atoms with Crippen molar-refractivity contribution in [2.45, 2.75) is 32.1 Å². The van der Waals surface area contributed by atoms with Gasteiger partial charge in [-0.3, -0.25) is 0 Å². The van der Waals surface area contributed by atoms with Crippen molar-refractivity contribution in [3.05, 3.63) is 40.7 Å². The number of hydrogen-bond acceptors (Lipinski definition) is 3. The lowest BCUT2D eigenvalue weighted by Crippen LogP contribution is -2.43. The molecule has 4 nitrogen and oxygen atoms in total. The Kier molecular flexibility index (Phi) is 2.86. The van der Waals surface area contributed by atoms with E-state index in [-0.39, 0.29) is 5.41 Å². The first kappa shape index (κ1) is 12.6. The highest BCUT2D eigenvalue weighted by Crippen LogP contribution is 2.51. The summed E-state index contributed by atoms with van der Waals surface area (Å²) in [4.78, 5) is 4.25. The van der Waals surface area contributed by atoms with Gasteiger partial charge in [-0.15, -0.1) is 10.2 Å². The Morgan fingerprint density at radius 1 is 1.37 bits per heavy atom. The molecule has 5 heteroatoms. The van der Waals surface area contributed by atoms with Gasteiger partial charge in [0.25, 0.3) is 0 Å². The fourth-order valence-electron chi connectivity index (χ4n) is 3.30. The molecule has 0 unspecified atom stereocenters. The second kappa shape index (κ2) is 4.30. The van der Waals surface area contributed by atoms with Crippen LogP contribution in [-0.4, -0.2) is 19.7 Å². The molecule has 0 N–H and O–H groups in total. The van der Waals surface area contributed by atoms with Gasteiger partial charge in [0.05, 0.1) is 5.41 Å². The van der Waals surface area contributed by atoms with Crippen molar-refractivity contribution in [2.75, 3.05) is 0 Å². The zero-order chi connectivity index (χ0) is 13.6. The van der Waals surface area contributed by atoms with Gasteiger partial charge in [0.2, 0.25) is 0 Å². The molecule has 0 aromatic carbocycles. The molecule has 2 heterocycles. The van der Waals surface area contributed by atoms with Gasteiger partial charge >= 0.3 is 0 Å². The lowest BCUT2D eigenvalue weighted by Gasteiger charge is -2.46. The SMILES string of the molecule is Cc1cc(C2(c3nncn3C)CC(C)C2)cc(Cl)n1. The predicted molar refractivity (Wildman–Crippen MR) is 74.2 cm³/mol. The van der Waals surface area contributed by atoms with Gasteiger partial charge in [-0.25, -0.2) is 4.98 Å². The molecule has 1 fully saturated rings. The number of aryl methyl sites for hydroxylation is 2. The van der Waals surface area contributed by atoms with E-state index in [2.05, 4.69) is 28.2 Å². The topological polar surface area (TPSA) is 43.6 Å². The van der Waals surface area contributed by atoms with Crippen LogP contribution in [0.25, 0.3) is 0 Å². The summed E-state index contributed by atoms with van der Waals surface area (Å²) in [5.41, 5.74) is 2.10. The van der Waals surface area contributed by atoms with Crippen LogP contribution in [0, 0.1) is 12.8 Å². The largest absolute Gasteiger partial charge is 0.320 e. The Morgan fingerprint density at radius 3 is 2.63 bits per heavy atom. The Morgan fingerprint density at radius 2 is 2.11 bits per heavy atom. The Hall–Kier alpha value is -1.42. The first-order valence-electron chi connectivity index (χ1n) is 6.50. The van der Waals surface area contributed by atoms with Crippen molar-refractivity contribution in [1.82, 2.24) is 19.7 Å². The van der Waals surface area contributed by atoms with Crippen molar-refractivity contribution in [2.24, 2.45) is 13.0 Å². The second-order valence-electron chi connectivity index (χ2n) is 5.68. The molecular formula is C14H17ClN4. The maximum absolute atomic E-state index is 6.12. The minimum atomic E-state index is -0.0536. The summed E-state index contributed by atoms with van der Waals surface area (Å²) >= 11 is 6.12. The Bertz CT molecular complexity index is 593. The van der Waals surface area contributed by atoms with Gasteiger partial charge in [-0.1, -0.05) is 18.5 Å². The minimum Gasteiger partial charge on any atom is -0.320 e. The third-order valence-corrected chi connectivity index (χ3v) is 4.20. The standard InChI is InChI=1S/C14H17ClN4/c1-9-6-14(7-9,13-18-16-8-19(13)3)11-4-10(2)17-12(15)5-11/h4-5,8-9H,6-7H2,1-3H3. The van der Waals surface area contributed by atoms with Crippen LogP contribution in [-0.2, 0) is 12.5 Å². The van der Waals surface area contributed by atoms with Gasteiger partial charge in [0.1, 0.15) is 17.3 Å². The molecule has 0 amide bonds. The highest BCUT2D eigenvalue weighted by atomic mass is 35.5. The van der Waals surface area contributed by atoms with Crippen LogP contribution >= 0.6 is 11.6 Å². The summed E-state index contributed by atoms with van der Waals surface area (Å²) in [6.45, 7) is 4.24. The number of pyridine rings is 1. The number of hydrogen-bond donors (Lipinski definition) is 0. The molecule has 1 aliphatic carbocycles. The quantitative estimate of drug-likeness (QED) is 0.792. The van der Waals surface area contributed by atoms with Crippen molar-refractivity contribution >= 4 is 11.6 Å². The zero-order valence-corrected chi connectivity index (χ0v) is 12.1. The highest BCUT2D eigenvalue weighted by Gasteiger charge is 2.48. The van der Waals surface area contributed by atoms with E-state index >= 15 is 0 Å². The van der Waals surface area contributed by atoms with Crippen LogP contribution in [0.15, 0.2) is 18.5 Å². The molecule has 1 saturated carbocycles. The lowest BCUT2D eigenvalue weighted by molar-refractivity contribution is 0.185. The fraction of sp³-hybridized carbons (Fsp3) is 0.500. The first-order chi connectivity index (χ1) is 9.01. The number of halogens is 1. The van der Waals surface area contributed by atoms with Crippen LogP contribution in [0.3, 0.4) is 0 Å². The van der Waals surface area contributed by atoms with Gasteiger partial charge < -0.3 is 4.57 Å². The molecular weight excluding hydrogens is 260 g/mol. The van der Waals surface area contributed by atoms with Crippen molar-refractivity contribution in [1.29, 1.82) is 0 Å². The normalized spacial score (nSPS) is 26.2. The molecule has 0 radical (unpaired) electrons. The monoisotopic (exact) mass is 276 g/mol. The van der Waals surface area contributed by atoms with Crippen molar-refractivity contribution in [3.63, 3.8) is 0 Å².